The van der Waals surface area contributed by atoms with Crippen molar-refractivity contribution in [2.75, 3.05) is 18.6 Å². The topological polar surface area (TPSA) is 143 Å². The predicted octanol–water partition coefficient (Wildman–Crippen LogP) is 3.83. The van der Waals surface area contributed by atoms with E-state index in [1.807, 2.05) is 49.6 Å². The van der Waals surface area contributed by atoms with Crippen LogP contribution in [0.4, 0.5) is 5.82 Å². The maximum atomic E-state index is 11.5. The molecule has 0 fully saturated rings. The number of thioether (sulfide) groups is 1. The van der Waals surface area contributed by atoms with Crippen LogP contribution in [0.25, 0.3) is 11.3 Å². The largest absolute Gasteiger partial charge is 0.391 e. The van der Waals surface area contributed by atoms with Crippen LogP contribution in [0.5, 0.6) is 0 Å². The highest BCUT2D eigenvalue weighted by atomic mass is 32.2. The first-order valence-electron chi connectivity index (χ1n) is 10.8. The lowest BCUT2D eigenvalue weighted by atomic mass is 10.1. The minimum Gasteiger partial charge on any atom is -0.391 e. The van der Waals surface area contributed by atoms with Crippen LogP contribution in [-0.2, 0) is 23.2 Å². The number of primary sulfonamides is 1. The molecule has 0 saturated carbocycles. The van der Waals surface area contributed by atoms with Gasteiger partial charge in [-0.3, -0.25) is 9.98 Å². The molecule has 9 nitrogen and oxygen atoms in total. The molecule has 2 aromatic heterocycles. The normalized spacial score (nSPS) is 11.4. The molecule has 0 aliphatic carbocycles. The van der Waals surface area contributed by atoms with Gasteiger partial charge in [-0.1, -0.05) is 54.8 Å². The molecule has 190 valence electrons. The van der Waals surface area contributed by atoms with E-state index in [9.17, 15) is 13.5 Å². The van der Waals surface area contributed by atoms with Crippen LogP contribution < -0.4 is 10.5 Å². The number of aliphatic hydroxyl groups is 1. The zero-order valence-corrected chi connectivity index (χ0v) is 22.1. The van der Waals surface area contributed by atoms with Gasteiger partial charge in [0.2, 0.25) is 10.0 Å². The number of aliphatic imine (C=N–C) groups is 1. The van der Waals surface area contributed by atoms with E-state index in [1.165, 1.54) is 30.1 Å². The Morgan fingerprint density at radius 3 is 2.56 bits per heavy atom. The van der Waals surface area contributed by atoms with Crippen LogP contribution in [-0.4, -0.2) is 48.0 Å². The third kappa shape index (κ3) is 9.00. The smallest absolute Gasteiger partial charge is 0.238 e. The van der Waals surface area contributed by atoms with Gasteiger partial charge in [-0.2, -0.15) is 0 Å². The van der Waals surface area contributed by atoms with Crippen molar-refractivity contribution in [2.24, 2.45) is 10.1 Å². The molecule has 0 bridgehead atoms. The van der Waals surface area contributed by atoms with Crippen LogP contribution in [0.1, 0.15) is 18.1 Å². The monoisotopic (exact) mass is 526 g/mol. The Labute approximate surface area is 216 Å². The van der Waals surface area contributed by atoms with Crippen LogP contribution >= 0.6 is 11.8 Å². The maximum absolute atomic E-state index is 11.5. The Morgan fingerprint density at radius 2 is 1.97 bits per heavy atom. The molecule has 36 heavy (non-hydrogen) atoms. The average molecular weight is 527 g/mol. The van der Waals surface area contributed by atoms with E-state index >= 15 is 0 Å². The van der Waals surface area contributed by atoms with Crippen LogP contribution in [0.3, 0.4) is 0 Å². The van der Waals surface area contributed by atoms with Crippen molar-refractivity contribution in [2.45, 2.75) is 30.1 Å². The van der Waals surface area contributed by atoms with Gasteiger partial charge in [-0.05, 0) is 36.4 Å². The molecular formula is C25H30N6O3S2. The van der Waals surface area contributed by atoms with Gasteiger partial charge in [0.15, 0.2) is 5.16 Å². The van der Waals surface area contributed by atoms with Crippen molar-refractivity contribution in [1.82, 2.24) is 15.0 Å². The molecule has 0 amide bonds. The number of nitrogens with zero attached hydrogens (tertiary/aromatic N) is 4. The van der Waals surface area contributed by atoms with Crippen molar-refractivity contribution < 1.29 is 13.5 Å². The Balaban J connectivity index is 0.000000493. The first kappa shape index (κ1) is 28.9. The Morgan fingerprint density at radius 1 is 1.25 bits per heavy atom. The van der Waals surface area contributed by atoms with Crippen molar-refractivity contribution in [1.29, 1.82) is 0 Å². The number of sulfonamides is 1. The van der Waals surface area contributed by atoms with E-state index in [0.717, 1.165) is 16.7 Å². The summed E-state index contributed by atoms with van der Waals surface area (Å²) in [6.45, 7) is 6.00. The minimum atomic E-state index is -3.78. The maximum Gasteiger partial charge on any atom is 0.238 e. The molecule has 3 rings (SSSR count). The van der Waals surface area contributed by atoms with Crippen LogP contribution in [0.15, 0.2) is 88.1 Å². The lowest BCUT2D eigenvalue weighted by Crippen LogP contribution is -2.12. The summed E-state index contributed by atoms with van der Waals surface area (Å²) < 4.78 is 23.0. The molecule has 0 unspecified atom stereocenters. The van der Waals surface area contributed by atoms with Crippen LogP contribution in [0.2, 0.25) is 0 Å². The van der Waals surface area contributed by atoms with Gasteiger partial charge >= 0.3 is 0 Å². The number of allylic oxidation sites excluding steroid dienone is 3. The minimum absolute atomic E-state index is 0.0214. The summed E-state index contributed by atoms with van der Waals surface area (Å²) in [6, 6.07) is 10.3. The average Bonchev–Trinajstić information content (AvgIpc) is 2.88. The predicted molar refractivity (Wildman–Crippen MR) is 146 cm³/mol. The van der Waals surface area contributed by atoms with Crippen molar-refractivity contribution >= 4 is 33.8 Å². The number of anilines is 1. The molecule has 11 heteroatoms. The Hall–Kier alpha value is -3.38. The van der Waals surface area contributed by atoms with E-state index in [4.69, 9.17) is 5.14 Å². The summed E-state index contributed by atoms with van der Waals surface area (Å²) in [6.07, 6.45) is 10.5. The van der Waals surface area contributed by atoms with E-state index < -0.39 is 10.0 Å². The fourth-order valence-electron chi connectivity index (χ4n) is 2.91. The van der Waals surface area contributed by atoms with E-state index in [-0.39, 0.29) is 11.5 Å². The summed E-state index contributed by atoms with van der Waals surface area (Å²) in [4.78, 5) is 16.5. The number of hydrogen-bond acceptors (Lipinski definition) is 9. The Kier molecular flexibility index (Phi) is 11.4. The first-order valence-corrected chi connectivity index (χ1v) is 13.6. The highest BCUT2D eigenvalue weighted by Gasteiger charge is 2.10. The first-order chi connectivity index (χ1) is 17.2. The molecule has 0 aliphatic heterocycles. The molecule has 4 N–H and O–H groups in total. The number of hydrogen-bond donors (Lipinski definition) is 3. The highest BCUT2D eigenvalue weighted by Crippen LogP contribution is 2.21. The third-order valence-electron chi connectivity index (χ3n) is 4.64. The second-order valence-corrected chi connectivity index (χ2v) is 9.66. The molecule has 0 radical (unpaired) electrons. The molecular weight excluding hydrogens is 496 g/mol. The highest BCUT2D eigenvalue weighted by molar-refractivity contribution is 7.98. The fourth-order valence-corrected chi connectivity index (χ4v) is 3.77. The van der Waals surface area contributed by atoms with Gasteiger partial charge in [0.1, 0.15) is 5.82 Å². The number of pyridine rings is 1. The number of aromatic nitrogens is 3. The number of aliphatic hydroxyl groups excluding tert-OH is 1. The molecule has 0 saturated heterocycles. The molecule has 0 aliphatic rings. The molecule has 0 spiro atoms. The van der Waals surface area contributed by atoms with Gasteiger partial charge < -0.3 is 10.4 Å². The molecule has 0 atom stereocenters. The van der Waals surface area contributed by atoms with Crippen molar-refractivity contribution in [3.05, 3.63) is 84.2 Å². The summed E-state index contributed by atoms with van der Waals surface area (Å²) in [5, 5.41) is 18.4. The third-order valence-corrected chi connectivity index (χ3v) is 6.11. The SMILES string of the molecule is C=C(C=NC)/C=C\C.CSc1ncc(CO)c(NCc2ccc(-c3cc(S(N)(=O)=O)ccn3)cc2)n1. The van der Waals surface area contributed by atoms with Crippen LogP contribution in [0, 0.1) is 0 Å². The summed E-state index contributed by atoms with van der Waals surface area (Å²) in [7, 11) is -2.05. The lowest BCUT2D eigenvalue weighted by molar-refractivity contribution is 0.281. The van der Waals surface area contributed by atoms with Gasteiger partial charge in [0.05, 0.1) is 17.2 Å². The molecule has 3 aromatic rings. The number of nitrogens with two attached hydrogens (primary N) is 1. The lowest BCUT2D eigenvalue weighted by Gasteiger charge is -2.11. The van der Waals surface area contributed by atoms with Crippen molar-refractivity contribution in [3.63, 3.8) is 0 Å². The van der Waals surface area contributed by atoms with Gasteiger partial charge in [-0.25, -0.2) is 23.5 Å². The van der Waals surface area contributed by atoms with Crippen molar-refractivity contribution in [3.8, 4) is 11.3 Å². The zero-order chi connectivity index (χ0) is 26.6. The molecule has 1 aromatic carbocycles. The van der Waals surface area contributed by atoms with E-state index in [0.29, 0.717) is 28.8 Å². The van der Waals surface area contributed by atoms with E-state index in [2.05, 4.69) is 31.8 Å². The second kappa shape index (κ2) is 14.2. The van der Waals surface area contributed by atoms with E-state index in [1.54, 1.807) is 19.5 Å². The fraction of sp³-hybridized carbons (Fsp3) is 0.200. The number of rotatable bonds is 9. The number of benzene rings is 1. The quantitative estimate of drug-likeness (QED) is 0.165. The van der Waals surface area contributed by atoms with Gasteiger partial charge in [0, 0.05) is 43.3 Å². The standard InChI is InChI=1S/C18H19N5O3S2.C7H11N/c1-27-18-22-10-14(11-24)17(23-18)21-9-12-2-4-13(5-3-12)16-8-15(6-7-20-16)28(19,25)26;1-4-5-7(2)6-8-3/h2-8,10,24H,9,11H2,1H3,(H2,19,25,26)(H,21,22,23);4-6H,2H2,1,3H3/b;5-4-,8-6?. The summed E-state index contributed by atoms with van der Waals surface area (Å²) in [5.41, 5.74) is 3.85. The second-order valence-electron chi connectivity index (χ2n) is 7.32. The summed E-state index contributed by atoms with van der Waals surface area (Å²) in [5.74, 6) is 0.591. The zero-order valence-electron chi connectivity index (χ0n) is 20.4. The summed E-state index contributed by atoms with van der Waals surface area (Å²) >= 11 is 1.42. The number of nitrogens with one attached hydrogen (secondary N) is 1. The molecule has 2 heterocycles. The van der Waals surface area contributed by atoms with Gasteiger partial charge in [0.25, 0.3) is 0 Å². The Bertz CT molecular complexity index is 1310. The van der Waals surface area contributed by atoms with Gasteiger partial charge in [-0.15, -0.1) is 0 Å².